The maximum Gasteiger partial charge on any atom is 0.352 e. The van der Waals surface area contributed by atoms with Gasteiger partial charge in [-0.25, -0.2) is 0 Å². The summed E-state index contributed by atoms with van der Waals surface area (Å²) in [6.45, 7) is 11.4. The zero-order valence-electron chi connectivity index (χ0n) is 48.0. The highest BCUT2D eigenvalue weighted by molar-refractivity contribution is 7.07. The molecule has 0 saturated carbocycles. The third kappa shape index (κ3) is 8.78. The summed E-state index contributed by atoms with van der Waals surface area (Å²) in [5.41, 5.74) is 0. The minimum Gasteiger partial charge on any atom is -0.409 e. The summed E-state index contributed by atoms with van der Waals surface area (Å²) in [5, 5.41) is 27.8. The Morgan fingerprint density at radius 3 is 0.471 bits per heavy atom. The van der Waals surface area contributed by atoms with Crippen LogP contribution in [0, 0.1) is 0 Å². The molecule has 15 aromatic rings. The fraction of sp³-hybridized carbons (Fsp3) is 0.0667. The lowest BCUT2D eigenvalue weighted by molar-refractivity contribution is 0.255. The quantitative estimate of drug-likeness (QED) is 0.127. The summed E-state index contributed by atoms with van der Waals surface area (Å²) in [6, 6.07) is 99.9. The zero-order chi connectivity index (χ0) is 57.3. The van der Waals surface area contributed by atoms with Crippen molar-refractivity contribution >= 4 is 176 Å². The van der Waals surface area contributed by atoms with E-state index in [4.69, 9.17) is 20.6 Å². The number of hydrogen-bond acceptors (Lipinski definition) is 5. The lowest BCUT2D eigenvalue weighted by atomic mass is 10.0. The molecule has 1 heterocycles. The molecule has 0 radical (unpaired) electrons. The van der Waals surface area contributed by atoms with E-state index in [0.29, 0.717) is 0 Å². The Morgan fingerprint density at radius 1 is 0.165 bits per heavy atom. The number of hydrogen-bond donors (Lipinski definition) is 0. The minimum atomic E-state index is -3.96. The van der Waals surface area contributed by atoms with Gasteiger partial charge in [-0.05, 0) is 201 Å². The molecule has 1 aliphatic rings. The Hall–Kier alpha value is -8.22. The van der Waals surface area contributed by atoms with Gasteiger partial charge in [-0.3, -0.25) is 0 Å². The van der Waals surface area contributed by atoms with Gasteiger partial charge in [0.2, 0.25) is 0 Å². The normalized spacial score (nSPS) is 22.4. The van der Waals surface area contributed by atoms with Crippen LogP contribution in [0.3, 0.4) is 0 Å². The van der Waals surface area contributed by atoms with Crippen molar-refractivity contribution in [1.82, 2.24) is 0 Å². The van der Waals surface area contributed by atoms with E-state index in [9.17, 15) is 0 Å². The Balaban J connectivity index is 1.05. The maximum atomic E-state index is 8.66. The van der Waals surface area contributed by atoms with Crippen LogP contribution in [0.15, 0.2) is 273 Å². The van der Waals surface area contributed by atoms with E-state index in [1.54, 1.807) is 0 Å². The van der Waals surface area contributed by atoms with Crippen LogP contribution in [0.4, 0.5) is 0 Å². The van der Waals surface area contributed by atoms with E-state index in [-0.39, 0.29) is 0 Å². The summed E-state index contributed by atoms with van der Waals surface area (Å²) >= 11 is 0. The molecule has 0 atom stereocenters. The van der Waals surface area contributed by atoms with Gasteiger partial charge in [0.15, 0.2) is 0 Å². The molecule has 10 heteroatoms. The van der Waals surface area contributed by atoms with E-state index >= 15 is 0 Å². The molecule has 410 valence electrons. The summed E-state index contributed by atoms with van der Waals surface area (Å²) in [7, 11) is -19.8. The molecule has 0 unspecified atom stereocenters. The topological polar surface area (TPSA) is 46.2 Å². The fourth-order valence-electron chi connectivity index (χ4n) is 14.3. The van der Waals surface area contributed by atoms with E-state index in [1.807, 2.05) is 0 Å². The Morgan fingerprint density at radius 2 is 0.306 bits per heavy atom. The first-order chi connectivity index (χ1) is 41.3. The predicted octanol–water partition coefficient (Wildman–Crippen LogP) is 16.5. The molecule has 85 heavy (non-hydrogen) atoms. The van der Waals surface area contributed by atoms with Crippen molar-refractivity contribution < 1.29 is 20.6 Å². The molecular formula is C75H60O5Si5. The van der Waals surface area contributed by atoms with Gasteiger partial charge >= 0.3 is 42.8 Å². The van der Waals surface area contributed by atoms with Gasteiger partial charge in [-0.15, -0.1) is 0 Å². The van der Waals surface area contributed by atoms with Crippen molar-refractivity contribution in [2.45, 2.75) is 32.7 Å². The Kier molecular flexibility index (Phi) is 12.1. The molecule has 16 rings (SSSR count). The molecule has 0 bridgehead atoms. The monoisotopic (exact) mass is 1180 g/mol. The second-order valence-electron chi connectivity index (χ2n) is 23.9. The molecule has 15 aromatic carbocycles. The second-order valence-corrected chi connectivity index (χ2v) is 40.1. The minimum absolute atomic E-state index is 1.03. The molecule has 0 amide bonds. The van der Waals surface area contributed by atoms with E-state index in [2.05, 4.69) is 306 Å². The fourth-order valence-corrected chi connectivity index (χ4v) is 41.8. The number of fused-ring (bicyclic) bond motifs is 10. The van der Waals surface area contributed by atoms with Crippen LogP contribution in [-0.4, -0.2) is 42.8 Å². The first-order valence-corrected chi connectivity index (χ1v) is 41.0. The first-order valence-electron chi connectivity index (χ1n) is 29.4. The van der Waals surface area contributed by atoms with Crippen LogP contribution in [0.1, 0.15) is 0 Å². The van der Waals surface area contributed by atoms with Crippen molar-refractivity contribution in [3.63, 3.8) is 0 Å². The van der Waals surface area contributed by atoms with E-state index < -0.39 is 42.8 Å². The van der Waals surface area contributed by atoms with Gasteiger partial charge in [0, 0.05) is 25.9 Å². The molecule has 1 aliphatic heterocycles. The molecule has 0 aliphatic carbocycles. The average molecular weight is 1180 g/mol. The largest absolute Gasteiger partial charge is 0.409 e. The summed E-state index contributed by atoms with van der Waals surface area (Å²) in [6.07, 6.45) is 0. The van der Waals surface area contributed by atoms with Crippen LogP contribution in [-0.2, 0) is 20.6 Å². The highest BCUT2D eigenvalue weighted by Crippen LogP contribution is 2.39. The van der Waals surface area contributed by atoms with Gasteiger partial charge in [0.1, 0.15) is 0 Å². The zero-order valence-corrected chi connectivity index (χ0v) is 53.0. The van der Waals surface area contributed by atoms with Gasteiger partial charge in [-0.2, -0.15) is 0 Å². The van der Waals surface area contributed by atoms with Gasteiger partial charge in [-0.1, -0.05) is 212 Å². The summed E-state index contributed by atoms with van der Waals surface area (Å²) in [5.74, 6) is 0. The third-order valence-corrected chi connectivity index (χ3v) is 40.8. The molecule has 0 spiro atoms. The first kappa shape index (κ1) is 52.3. The molecule has 5 nitrogen and oxygen atoms in total. The molecule has 1 saturated heterocycles. The Labute approximate surface area is 499 Å². The standard InChI is InChI=1S/C75H60O5Si5/c1-81(71-36-16-31-61-41-51-21-6-11-26-56(51)46-66(61)71)76-82(2,72-37-17-32-62-42-52-22-7-12-27-57(52)47-67(62)72)78-84(4,74-39-19-34-64-44-54-24-9-14-29-59(54)49-69(64)74)80-85(5,75-40-20-35-65-45-55-25-10-15-30-60(55)50-70(65)75)79-83(3,77-81)73-38-18-33-63-43-53-23-8-13-28-58(53)48-68(63)73/h6-50H,1-5H3. The Bertz CT molecular complexity index is 4490. The van der Waals surface area contributed by atoms with Crippen LogP contribution in [0.2, 0.25) is 32.7 Å². The third-order valence-electron chi connectivity index (χ3n) is 18.1. The molecule has 1 fully saturated rings. The van der Waals surface area contributed by atoms with Crippen molar-refractivity contribution in [3.8, 4) is 0 Å². The maximum absolute atomic E-state index is 8.66. The smallest absolute Gasteiger partial charge is 0.352 e. The lowest BCUT2D eigenvalue weighted by Gasteiger charge is -2.51. The number of rotatable bonds is 5. The van der Waals surface area contributed by atoms with E-state index in [0.717, 1.165) is 107 Å². The van der Waals surface area contributed by atoms with Crippen molar-refractivity contribution in [1.29, 1.82) is 0 Å². The van der Waals surface area contributed by atoms with E-state index in [1.165, 1.54) is 26.9 Å². The van der Waals surface area contributed by atoms with Gasteiger partial charge < -0.3 is 20.6 Å². The van der Waals surface area contributed by atoms with Crippen molar-refractivity contribution in [3.05, 3.63) is 273 Å². The molecule has 0 aromatic heterocycles. The van der Waals surface area contributed by atoms with Crippen LogP contribution in [0.5, 0.6) is 0 Å². The highest BCUT2D eigenvalue weighted by atomic mass is 28.5. The van der Waals surface area contributed by atoms with Crippen molar-refractivity contribution in [2.75, 3.05) is 0 Å². The molecule has 0 N–H and O–H groups in total. The second kappa shape index (κ2) is 19.7. The predicted molar refractivity (Wildman–Crippen MR) is 369 cm³/mol. The summed E-state index contributed by atoms with van der Waals surface area (Å²) < 4.78 is 43.3. The van der Waals surface area contributed by atoms with Crippen LogP contribution in [0.25, 0.3) is 108 Å². The summed E-state index contributed by atoms with van der Waals surface area (Å²) in [4.78, 5) is 0. The lowest BCUT2D eigenvalue weighted by Crippen LogP contribution is -2.77. The van der Waals surface area contributed by atoms with Gasteiger partial charge in [0.25, 0.3) is 0 Å². The van der Waals surface area contributed by atoms with Gasteiger partial charge in [0.05, 0.1) is 0 Å². The highest BCUT2D eigenvalue weighted by Gasteiger charge is 2.61. The van der Waals surface area contributed by atoms with Crippen LogP contribution < -0.4 is 25.9 Å². The molecular weight excluding hydrogens is 1120 g/mol. The van der Waals surface area contributed by atoms with Crippen molar-refractivity contribution in [2.24, 2.45) is 0 Å². The SMILES string of the molecule is C[Si]1(c2cccc3cc4ccccc4cc23)O[Si](C)(c2cccc3cc4ccccc4cc23)O[Si](C)(c2cccc3cc4ccccc4cc23)O[Si](C)(c2cccc3cc4ccccc4cc23)O[Si](C)(c2cccc3cc4ccccc4cc23)O1. The number of benzene rings is 15. The van der Waals surface area contributed by atoms with Crippen LogP contribution >= 0.6 is 0 Å². The average Bonchev–Trinajstić information content (AvgIpc) is 0.896.